The second kappa shape index (κ2) is 8.89. The van der Waals surface area contributed by atoms with Crippen molar-refractivity contribution in [2.75, 3.05) is 20.6 Å². The molecule has 6 nitrogen and oxygen atoms in total. The van der Waals surface area contributed by atoms with Crippen LogP contribution in [0.25, 0.3) is 11.0 Å². The Balaban J connectivity index is 1.50. The summed E-state index contributed by atoms with van der Waals surface area (Å²) in [6, 6.07) is 17.6. The van der Waals surface area contributed by atoms with Gasteiger partial charge in [0, 0.05) is 31.6 Å². The van der Waals surface area contributed by atoms with Crippen molar-refractivity contribution in [2.24, 2.45) is 4.99 Å². The van der Waals surface area contributed by atoms with Gasteiger partial charge >= 0.3 is 0 Å². The number of hydrogen-bond acceptors (Lipinski definition) is 3. The monoisotopic (exact) mass is 364 g/mol. The minimum atomic E-state index is -0.0758. The van der Waals surface area contributed by atoms with E-state index in [1.54, 1.807) is 14.1 Å². The number of nitrogens with zero attached hydrogens (tertiary/aromatic N) is 1. The van der Waals surface area contributed by atoms with Crippen LogP contribution in [-0.2, 0) is 13.0 Å². The highest BCUT2D eigenvalue weighted by Crippen LogP contribution is 2.18. The molecule has 2 aromatic carbocycles. The number of carbonyl (C=O) groups is 1. The molecule has 140 valence electrons. The van der Waals surface area contributed by atoms with Gasteiger partial charge < -0.3 is 20.4 Å². The molecule has 1 aromatic heterocycles. The number of hydrogen-bond donors (Lipinski definition) is 3. The van der Waals surface area contributed by atoms with Crippen LogP contribution in [0, 0.1) is 0 Å². The lowest BCUT2D eigenvalue weighted by molar-refractivity contribution is 0.0963. The molecule has 0 aliphatic carbocycles. The third kappa shape index (κ3) is 4.88. The van der Waals surface area contributed by atoms with Crippen LogP contribution in [-0.4, -0.2) is 32.5 Å². The maximum absolute atomic E-state index is 11.7. The van der Waals surface area contributed by atoms with Gasteiger partial charge in [0.2, 0.25) is 0 Å². The smallest absolute Gasteiger partial charge is 0.251 e. The number of furan rings is 1. The largest absolute Gasteiger partial charge is 0.459 e. The minimum Gasteiger partial charge on any atom is -0.459 e. The number of nitrogens with one attached hydrogen (secondary N) is 3. The lowest BCUT2D eigenvalue weighted by atomic mass is 10.1. The zero-order valence-corrected chi connectivity index (χ0v) is 15.6. The first-order valence-electron chi connectivity index (χ1n) is 8.92. The summed E-state index contributed by atoms with van der Waals surface area (Å²) in [5.41, 5.74) is 2.65. The van der Waals surface area contributed by atoms with E-state index in [1.807, 2.05) is 54.6 Å². The van der Waals surface area contributed by atoms with Crippen molar-refractivity contribution in [3.63, 3.8) is 0 Å². The van der Waals surface area contributed by atoms with E-state index >= 15 is 0 Å². The highest BCUT2D eigenvalue weighted by molar-refractivity contribution is 5.94. The fraction of sp³-hybridized carbons (Fsp3) is 0.238. The van der Waals surface area contributed by atoms with Crippen LogP contribution in [0.4, 0.5) is 0 Å². The van der Waals surface area contributed by atoms with E-state index in [-0.39, 0.29) is 5.91 Å². The zero-order valence-electron chi connectivity index (χ0n) is 15.6. The van der Waals surface area contributed by atoms with Crippen molar-refractivity contribution in [2.45, 2.75) is 13.0 Å². The highest BCUT2D eigenvalue weighted by atomic mass is 16.3. The zero-order chi connectivity index (χ0) is 19.1. The Bertz CT molecular complexity index is 913. The summed E-state index contributed by atoms with van der Waals surface area (Å²) in [6.45, 7) is 1.26. The van der Waals surface area contributed by atoms with Gasteiger partial charge in [0.1, 0.15) is 11.3 Å². The Labute approximate surface area is 158 Å². The third-order valence-corrected chi connectivity index (χ3v) is 4.25. The SMILES string of the molecule is CN=C(NCCc1cccc(C(=O)NC)c1)NCc1cc2ccccc2o1. The van der Waals surface area contributed by atoms with Crippen molar-refractivity contribution >= 4 is 22.8 Å². The van der Waals surface area contributed by atoms with Crippen molar-refractivity contribution in [1.82, 2.24) is 16.0 Å². The Morgan fingerprint density at radius 1 is 1.07 bits per heavy atom. The molecule has 0 spiro atoms. The lowest BCUT2D eigenvalue weighted by Crippen LogP contribution is -2.37. The molecule has 3 rings (SSSR count). The first-order valence-corrected chi connectivity index (χ1v) is 8.92. The molecule has 3 N–H and O–H groups in total. The maximum atomic E-state index is 11.7. The van der Waals surface area contributed by atoms with Gasteiger partial charge in [0.15, 0.2) is 5.96 Å². The van der Waals surface area contributed by atoms with Gasteiger partial charge in [-0.3, -0.25) is 9.79 Å². The van der Waals surface area contributed by atoms with E-state index in [1.165, 1.54) is 0 Å². The molecular formula is C21H24N4O2. The molecule has 0 saturated heterocycles. The summed E-state index contributed by atoms with van der Waals surface area (Å²) in [6.07, 6.45) is 0.788. The predicted octanol–water partition coefficient (Wildman–Crippen LogP) is 2.70. The van der Waals surface area contributed by atoms with Gasteiger partial charge in [-0.2, -0.15) is 0 Å². The van der Waals surface area contributed by atoms with E-state index in [0.29, 0.717) is 24.6 Å². The lowest BCUT2D eigenvalue weighted by Gasteiger charge is -2.11. The molecular weight excluding hydrogens is 340 g/mol. The molecule has 0 fully saturated rings. The van der Waals surface area contributed by atoms with Crippen LogP contribution in [0.1, 0.15) is 21.7 Å². The number of rotatable bonds is 6. The molecule has 0 aliphatic heterocycles. The van der Waals surface area contributed by atoms with Crippen LogP contribution in [0.5, 0.6) is 0 Å². The van der Waals surface area contributed by atoms with Crippen LogP contribution < -0.4 is 16.0 Å². The number of guanidine groups is 1. The maximum Gasteiger partial charge on any atom is 0.251 e. The Morgan fingerprint density at radius 2 is 1.93 bits per heavy atom. The number of para-hydroxylation sites is 1. The molecule has 0 atom stereocenters. The summed E-state index contributed by atoms with van der Waals surface area (Å²) >= 11 is 0. The van der Waals surface area contributed by atoms with Crippen LogP contribution in [0.3, 0.4) is 0 Å². The molecule has 0 radical (unpaired) electrons. The average Bonchev–Trinajstić information content (AvgIpc) is 3.13. The fourth-order valence-corrected chi connectivity index (χ4v) is 2.85. The van der Waals surface area contributed by atoms with Gasteiger partial charge in [0.05, 0.1) is 6.54 Å². The van der Waals surface area contributed by atoms with Crippen LogP contribution >= 0.6 is 0 Å². The van der Waals surface area contributed by atoms with Gasteiger partial charge in [-0.05, 0) is 36.2 Å². The third-order valence-electron chi connectivity index (χ3n) is 4.25. The van der Waals surface area contributed by atoms with E-state index < -0.39 is 0 Å². The van der Waals surface area contributed by atoms with Crippen molar-refractivity contribution in [3.05, 3.63) is 71.5 Å². The second-order valence-corrected chi connectivity index (χ2v) is 6.13. The Kier molecular flexibility index (Phi) is 6.10. The topological polar surface area (TPSA) is 78.7 Å². The quantitative estimate of drug-likeness (QED) is 0.464. The van der Waals surface area contributed by atoms with E-state index in [9.17, 15) is 4.79 Å². The Hall–Kier alpha value is -3.28. The predicted molar refractivity (Wildman–Crippen MR) is 108 cm³/mol. The van der Waals surface area contributed by atoms with Crippen LogP contribution in [0.2, 0.25) is 0 Å². The van der Waals surface area contributed by atoms with Crippen molar-refractivity contribution in [1.29, 1.82) is 0 Å². The number of benzene rings is 2. The summed E-state index contributed by atoms with van der Waals surface area (Å²) < 4.78 is 5.80. The molecule has 27 heavy (non-hydrogen) atoms. The molecule has 0 aliphatic rings. The summed E-state index contributed by atoms with van der Waals surface area (Å²) in [4.78, 5) is 15.9. The van der Waals surface area contributed by atoms with Gasteiger partial charge in [0.25, 0.3) is 5.91 Å². The van der Waals surface area contributed by atoms with E-state index in [2.05, 4.69) is 20.9 Å². The van der Waals surface area contributed by atoms with Crippen molar-refractivity contribution < 1.29 is 9.21 Å². The summed E-state index contributed by atoms with van der Waals surface area (Å²) in [7, 11) is 3.37. The highest BCUT2D eigenvalue weighted by Gasteiger charge is 2.06. The molecule has 0 bridgehead atoms. The second-order valence-electron chi connectivity index (χ2n) is 6.13. The standard InChI is InChI=1S/C21H24N4O2/c1-22-20(26)17-8-5-6-15(12-17)10-11-24-21(23-2)25-14-18-13-16-7-3-4-9-19(16)27-18/h3-9,12-13H,10-11,14H2,1-2H3,(H,22,26)(H2,23,24,25). The van der Waals surface area contributed by atoms with Gasteiger partial charge in [-0.1, -0.05) is 30.3 Å². The first-order chi connectivity index (χ1) is 13.2. The minimum absolute atomic E-state index is 0.0758. The molecule has 0 unspecified atom stereocenters. The average molecular weight is 364 g/mol. The van der Waals surface area contributed by atoms with Gasteiger partial charge in [-0.25, -0.2) is 0 Å². The number of amides is 1. The molecule has 6 heteroatoms. The fourth-order valence-electron chi connectivity index (χ4n) is 2.85. The molecule has 1 amide bonds. The van der Waals surface area contributed by atoms with E-state index in [0.717, 1.165) is 28.7 Å². The molecule has 0 saturated carbocycles. The van der Waals surface area contributed by atoms with Gasteiger partial charge in [-0.15, -0.1) is 0 Å². The molecule has 1 heterocycles. The van der Waals surface area contributed by atoms with Crippen LogP contribution in [0.15, 0.2) is 64.0 Å². The normalized spacial score (nSPS) is 11.4. The van der Waals surface area contributed by atoms with Crippen molar-refractivity contribution in [3.8, 4) is 0 Å². The first kappa shape index (κ1) is 18.5. The number of fused-ring (bicyclic) bond motifs is 1. The number of aliphatic imine (C=N–C) groups is 1. The molecule has 3 aromatic rings. The summed E-state index contributed by atoms with van der Waals surface area (Å²) in [5.74, 6) is 1.49. The Morgan fingerprint density at radius 3 is 2.70 bits per heavy atom. The number of carbonyl (C=O) groups excluding carboxylic acids is 1. The van der Waals surface area contributed by atoms with E-state index in [4.69, 9.17) is 4.42 Å². The summed E-state index contributed by atoms with van der Waals surface area (Å²) in [5, 5.41) is 10.3.